The summed E-state index contributed by atoms with van der Waals surface area (Å²) in [5.74, 6) is 0. The van der Waals surface area contributed by atoms with Crippen molar-refractivity contribution in [2.75, 3.05) is 6.61 Å². The molecule has 1 aromatic heterocycles. The highest BCUT2D eigenvalue weighted by Gasteiger charge is 2.45. The van der Waals surface area contributed by atoms with Gasteiger partial charge in [-0.25, -0.2) is 9.36 Å². The summed E-state index contributed by atoms with van der Waals surface area (Å²) < 4.78 is 20.7. The highest BCUT2D eigenvalue weighted by atomic mass is 31.2. The van der Waals surface area contributed by atoms with E-state index in [1.54, 1.807) is 0 Å². The normalized spacial score (nSPS) is 27.8. The second kappa shape index (κ2) is 6.34. The summed E-state index contributed by atoms with van der Waals surface area (Å²) in [6.45, 7) is -0.748. The molecule has 12 nitrogen and oxygen atoms in total. The van der Waals surface area contributed by atoms with Crippen LogP contribution in [0.2, 0.25) is 0 Å². The lowest BCUT2D eigenvalue weighted by Gasteiger charge is -2.17. The molecule has 13 heteroatoms. The molecule has 2 rings (SSSR count). The highest BCUT2D eigenvalue weighted by Crippen LogP contribution is 2.38. The number of H-pyrrole nitrogens is 1. The fraction of sp³-hybridized carbons (Fsp3) is 0.500. The fourth-order valence-electron chi connectivity index (χ4n) is 2.02. The first-order valence-corrected chi connectivity index (χ1v) is 7.64. The van der Waals surface area contributed by atoms with Gasteiger partial charge >= 0.3 is 13.5 Å². The first-order chi connectivity index (χ1) is 10.6. The van der Waals surface area contributed by atoms with Gasteiger partial charge in [0.25, 0.3) is 5.56 Å². The minimum Gasteiger partial charge on any atom is -0.387 e. The molecule has 2 heterocycles. The lowest BCUT2D eigenvalue weighted by Crippen LogP contribution is -2.38. The van der Waals surface area contributed by atoms with Gasteiger partial charge in [-0.2, -0.15) is 5.26 Å². The van der Waals surface area contributed by atoms with Crippen molar-refractivity contribution in [2.24, 2.45) is 0 Å². The number of hydrogen-bond donors (Lipinski definition) is 5. The average molecular weight is 349 g/mol. The highest BCUT2D eigenvalue weighted by molar-refractivity contribution is 7.46. The molecule has 0 saturated carbocycles. The van der Waals surface area contributed by atoms with E-state index in [2.05, 4.69) is 4.52 Å². The molecule has 1 fully saturated rings. The maximum Gasteiger partial charge on any atom is 0.469 e. The van der Waals surface area contributed by atoms with Crippen LogP contribution in [0.25, 0.3) is 0 Å². The van der Waals surface area contributed by atoms with Crippen LogP contribution >= 0.6 is 7.82 Å². The van der Waals surface area contributed by atoms with Crippen LogP contribution in [0.3, 0.4) is 0 Å². The van der Waals surface area contributed by atoms with Gasteiger partial charge in [-0.15, -0.1) is 0 Å². The number of ether oxygens (including phenoxy) is 1. The molecule has 1 saturated heterocycles. The van der Waals surface area contributed by atoms with Gasteiger partial charge in [-0.1, -0.05) is 0 Å². The van der Waals surface area contributed by atoms with Crippen molar-refractivity contribution in [1.82, 2.24) is 9.55 Å². The van der Waals surface area contributed by atoms with Crippen LogP contribution in [0.15, 0.2) is 15.8 Å². The monoisotopic (exact) mass is 349 g/mol. The van der Waals surface area contributed by atoms with Gasteiger partial charge in [0, 0.05) is 6.20 Å². The molecule has 1 aliphatic heterocycles. The molecule has 23 heavy (non-hydrogen) atoms. The van der Waals surface area contributed by atoms with Crippen LogP contribution in [0, 0.1) is 11.3 Å². The Morgan fingerprint density at radius 1 is 1.39 bits per heavy atom. The number of aromatic nitrogens is 2. The first-order valence-electron chi connectivity index (χ1n) is 6.11. The quantitative estimate of drug-likeness (QED) is 0.353. The minimum absolute atomic E-state index is 0.426. The zero-order valence-electron chi connectivity index (χ0n) is 11.3. The maximum atomic E-state index is 11.7. The van der Waals surface area contributed by atoms with Crippen molar-refractivity contribution in [3.05, 3.63) is 32.6 Å². The van der Waals surface area contributed by atoms with E-state index in [0.717, 1.165) is 6.20 Å². The first kappa shape index (κ1) is 17.5. The van der Waals surface area contributed by atoms with E-state index in [1.165, 1.54) is 6.07 Å². The molecule has 0 radical (unpaired) electrons. The van der Waals surface area contributed by atoms with E-state index in [4.69, 9.17) is 19.8 Å². The predicted octanol–water partition coefficient (Wildman–Crippen LogP) is -2.86. The van der Waals surface area contributed by atoms with Crippen LogP contribution in [-0.2, 0) is 13.8 Å². The second-order valence-electron chi connectivity index (χ2n) is 4.65. The Morgan fingerprint density at radius 2 is 2.04 bits per heavy atom. The molecule has 0 aliphatic carbocycles. The van der Waals surface area contributed by atoms with E-state index < -0.39 is 55.8 Å². The number of phosphoric ester groups is 1. The van der Waals surface area contributed by atoms with E-state index in [0.29, 0.717) is 4.57 Å². The van der Waals surface area contributed by atoms with Crippen LogP contribution in [0.4, 0.5) is 0 Å². The van der Waals surface area contributed by atoms with Crippen molar-refractivity contribution in [1.29, 1.82) is 5.26 Å². The van der Waals surface area contributed by atoms with Gasteiger partial charge in [0.05, 0.1) is 6.61 Å². The third kappa shape index (κ3) is 3.74. The second-order valence-corrected chi connectivity index (χ2v) is 5.89. The third-order valence-electron chi connectivity index (χ3n) is 3.11. The standard InChI is InChI=1S/C10H12N3O9P/c11-1-4-2-13(10(17)12-8(4)16)9-7(15)6(14)5(22-9)3-21-23(18,19)20/h2,5-7,9,14-15H,3H2,(H,12,16,17)(H2,18,19,20)/t5-,6-,7-,9-/m1/s1. The van der Waals surface area contributed by atoms with Gasteiger partial charge < -0.3 is 24.7 Å². The predicted molar refractivity (Wildman–Crippen MR) is 70.0 cm³/mol. The van der Waals surface area contributed by atoms with Crippen molar-refractivity contribution in [3.63, 3.8) is 0 Å². The summed E-state index contributed by atoms with van der Waals surface area (Å²) in [5.41, 5.74) is -2.35. The number of aromatic amines is 1. The lowest BCUT2D eigenvalue weighted by atomic mass is 10.1. The van der Waals surface area contributed by atoms with Gasteiger partial charge in [0.15, 0.2) is 6.23 Å². The van der Waals surface area contributed by atoms with Crippen LogP contribution < -0.4 is 11.2 Å². The summed E-state index contributed by atoms with van der Waals surface area (Å²) in [4.78, 5) is 42.1. The smallest absolute Gasteiger partial charge is 0.387 e. The van der Waals surface area contributed by atoms with Crippen molar-refractivity contribution >= 4 is 7.82 Å². The number of nitriles is 1. The third-order valence-corrected chi connectivity index (χ3v) is 3.59. The number of nitrogens with zero attached hydrogens (tertiary/aromatic N) is 2. The zero-order chi connectivity index (χ0) is 17.4. The topological polar surface area (TPSA) is 195 Å². The number of aliphatic hydroxyl groups is 2. The Balaban J connectivity index is 2.28. The van der Waals surface area contributed by atoms with Crippen LogP contribution in [0.1, 0.15) is 11.8 Å². The molecule has 126 valence electrons. The van der Waals surface area contributed by atoms with Gasteiger partial charge in [-0.05, 0) is 0 Å². The summed E-state index contributed by atoms with van der Waals surface area (Å²) in [5, 5.41) is 28.5. The summed E-state index contributed by atoms with van der Waals surface area (Å²) in [7, 11) is -4.82. The van der Waals surface area contributed by atoms with Crippen molar-refractivity contribution in [2.45, 2.75) is 24.5 Å². The van der Waals surface area contributed by atoms with E-state index in [1.807, 2.05) is 4.98 Å². The Bertz CT molecular complexity index is 790. The summed E-state index contributed by atoms with van der Waals surface area (Å²) in [6.07, 6.45) is -5.25. The molecule has 1 aliphatic rings. The van der Waals surface area contributed by atoms with Crippen molar-refractivity contribution in [3.8, 4) is 6.07 Å². The van der Waals surface area contributed by atoms with E-state index >= 15 is 0 Å². The van der Waals surface area contributed by atoms with Gasteiger partial charge in [-0.3, -0.25) is 18.9 Å². The molecular formula is C10H12N3O9P. The van der Waals surface area contributed by atoms with Crippen molar-refractivity contribution < 1.29 is 33.8 Å². The largest absolute Gasteiger partial charge is 0.469 e. The molecule has 0 spiro atoms. The molecule has 0 bridgehead atoms. The lowest BCUT2D eigenvalue weighted by molar-refractivity contribution is -0.0543. The Hall–Kier alpha value is -1.84. The number of nitrogens with one attached hydrogen (secondary N) is 1. The molecule has 4 atom stereocenters. The minimum atomic E-state index is -4.82. The molecule has 5 N–H and O–H groups in total. The van der Waals surface area contributed by atoms with E-state index in [9.17, 15) is 24.4 Å². The molecule has 0 amide bonds. The number of aliphatic hydroxyl groups excluding tert-OH is 2. The maximum absolute atomic E-state index is 11.7. The molecule has 0 aromatic carbocycles. The Morgan fingerprint density at radius 3 is 2.61 bits per heavy atom. The number of rotatable bonds is 4. The van der Waals surface area contributed by atoms with E-state index in [-0.39, 0.29) is 0 Å². The molecular weight excluding hydrogens is 337 g/mol. The Labute approximate surface area is 127 Å². The number of phosphoric acid groups is 1. The summed E-state index contributed by atoms with van der Waals surface area (Å²) in [6, 6.07) is 1.54. The fourth-order valence-corrected chi connectivity index (χ4v) is 2.36. The SMILES string of the molecule is N#Cc1cn([C@@H]2O[C@H](COP(=O)(O)O)[C@@H](O)[C@H]2O)c(=O)[nH]c1=O. The van der Waals surface area contributed by atoms with Crippen LogP contribution in [-0.4, -0.2) is 54.5 Å². The molecule has 1 aromatic rings. The molecule has 0 unspecified atom stereocenters. The van der Waals surface area contributed by atoms with Crippen LogP contribution in [0.5, 0.6) is 0 Å². The zero-order valence-corrected chi connectivity index (χ0v) is 12.2. The van der Waals surface area contributed by atoms with Gasteiger partial charge in [0.2, 0.25) is 0 Å². The van der Waals surface area contributed by atoms with Gasteiger partial charge in [0.1, 0.15) is 29.9 Å². The Kier molecular flexibility index (Phi) is 4.83. The summed E-state index contributed by atoms with van der Waals surface area (Å²) >= 11 is 0. The average Bonchev–Trinajstić information content (AvgIpc) is 2.73. The number of hydrogen-bond acceptors (Lipinski definition) is 8.